The fraction of sp³-hybridized carbons (Fsp3) is 0.276. The van der Waals surface area contributed by atoms with E-state index in [1.54, 1.807) is 0 Å². The van der Waals surface area contributed by atoms with Gasteiger partial charge in [0, 0.05) is 17.0 Å². The molecule has 2 heteroatoms. The van der Waals surface area contributed by atoms with Crippen molar-refractivity contribution in [2.45, 2.75) is 50.9 Å². The highest BCUT2D eigenvalue weighted by atomic mass is 15.1. The van der Waals surface area contributed by atoms with Gasteiger partial charge in [-0.15, -0.1) is 0 Å². The minimum absolute atomic E-state index is 0.136. The molecule has 0 saturated heterocycles. The second-order valence-electron chi connectivity index (χ2n) is 10.2. The normalized spacial score (nSPS) is 16.9. The molecular formula is C29H28N2. The van der Waals surface area contributed by atoms with Crippen LogP contribution < -0.4 is 0 Å². The number of nitrogens with zero attached hydrogens (tertiary/aromatic N) is 2. The molecule has 2 aliphatic carbocycles. The van der Waals surface area contributed by atoms with Crippen LogP contribution in [0.1, 0.15) is 62.4 Å². The monoisotopic (exact) mass is 404 g/mol. The van der Waals surface area contributed by atoms with Crippen LogP contribution >= 0.6 is 0 Å². The average Bonchev–Trinajstić information content (AvgIpc) is 3.29. The van der Waals surface area contributed by atoms with Gasteiger partial charge in [-0.3, -0.25) is 4.57 Å². The van der Waals surface area contributed by atoms with Crippen LogP contribution in [0.3, 0.4) is 0 Å². The minimum atomic E-state index is 0.136. The predicted octanol–water partition coefficient (Wildman–Crippen LogP) is 7.30. The summed E-state index contributed by atoms with van der Waals surface area (Å²) in [6.07, 6.45) is 8.08. The number of allylic oxidation sites excluding steroid dienone is 1. The third-order valence-corrected chi connectivity index (χ3v) is 7.32. The van der Waals surface area contributed by atoms with Crippen LogP contribution in [0, 0.1) is 0 Å². The molecule has 2 aromatic carbocycles. The first-order valence-electron chi connectivity index (χ1n) is 11.4. The number of benzene rings is 2. The second-order valence-corrected chi connectivity index (χ2v) is 10.2. The predicted molar refractivity (Wildman–Crippen MR) is 130 cm³/mol. The molecule has 0 unspecified atom stereocenters. The molecule has 1 spiro atoms. The highest BCUT2D eigenvalue weighted by Crippen LogP contribution is 2.59. The van der Waals surface area contributed by atoms with E-state index in [-0.39, 0.29) is 10.8 Å². The van der Waals surface area contributed by atoms with Crippen molar-refractivity contribution in [3.8, 4) is 5.82 Å². The molecule has 0 aliphatic heterocycles. The molecule has 4 aromatic rings. The first-order valence-corrected chi connectivity index (χ1v) is 11.4. The number of hydrogen-bond donors (Lipinski definition) is 0. The quantitative estimate of drug-likeness (QED) is 0.343. The molecule has 0 radical (unpaired) electrons. The maximum atomic E-state index is 4.73. The minimum Gasteiger partial charge on any atom is -0.294 e. The zero-order chi connectivity index (χ0) is 21.2. The highest BCUT2D eigenvalue weighted by molar-refractivity contribution is 5.98. The Bertz CT molecular complexity index is 1330. The highest BCUT2D eigenvalue weighted by Gasteiger charge is 2.48. The number of fused-ring (bicyclic) bond motifs is 3. The molecule has 31 heavy (non-hydrogen) atoms. The Balaban J connectivity index is 1.59. The lowest BCUT2D eigenvalue weighted by Crippen LogP contribution is -2.34. The van der Waals surface area contributed by atoms with E-state index in [1.165, 1.54) is 58.1 Å². The average molecular weight is 405 g/mol. The van der Waals surface area contributed by atoms with Crippen molar-refractivity contribution in [3.05, 3.63) is 95.3 Å². The maximum Gasteiger partial charge on any atom is 0.137 e. The van der Waals surface area contributed by atoms with Crippen LogP contribution in [0.25, 0.3) is 28.4 Å². The fourth-order valence-corrected chi connectivity index (χ4v) is 5.48. The smallest absolute Gasteiger partial charge is 0.137 e. The van der Waals surface area contributed by atoms with E-state index in [9.17, 15) is 0 Å². The van der Waals surface area contributed by atoms with Gasteiger partial charge in [-0.2, -0.15) is 0 Å². The Morgan fingerprint density at radius 1 is 0.903 bits per heavy atom. The second kappa shape index (κ2) is 6.43. The van der Waals surface area contributed by atoms with Crippen molar-refractivity contribution >= 4 is 22.6 Å². The van der Waals surface area contributed by atoms with E-state index >= 15 is 0 Å². The summed E-state index contributed by atoms with van der Waals surface area (Å²) in [6.45, 7) is 6.93. The molecule has 1 saturated carbocycles. The zero-order valence-corrected chi connectivity index (χ0v) is 18.5. The first-order chi connectivity index (χ1) is 15.0. The fourth-order valence-electron chi connectivity index (χ4n) is 5.48. The van der Waals surface area contributed by atoms with Crippen LogP contribution in [0.4, 0.5) is 0 Å². The lowest BCUT2D eigenvalue weighted by Gasteiger charge is -2.43. The molecule has 0 bridgehead atoms. The number of hydrogen-bond acceptors (Lipinski definition) is 1. The van der Waals surface area contributed by atoms with Gasteiger partial charge in [0.2, 0.25) is 0 Å². The molecular weight excluding hydrogens is 376 g/mol. The molecule has 2 heterocycles. The van der Waals surface area contributed by atoms with Gasteiger partial charge in [-0.25, -0.2) is 4.98 Å². The van der Waals surface area contributed by atoms with Crippen LogP contribution in [-0.4, -0.2) is 9.55 Å². The Kier molecular flexibility index (Phi) is 3.87. The van der Waals surface area contributed by atoms with Crippen molar-refractivity contribution in [1.82, 2.24) is 9.55 Å². The van der Waals surface area contributed by atoms with Crippen LogP contribution in [0.2, 0.25) is 0 Å². The SMILES string of the molecule is CC(C)(C)c1ccc2c(c1)C1(CCC1)C(c1cc3ccccc3n1-c1ccccn1)=C2. The molecule has 2 aliphatic rings. The first kappa shape index (κ1) is 18.6. The number of rotatable bonds is 2. The Hall–Kier alpha value is -3.13. The van der Waals surface area contributed by atoms with E-state index in [2.05, 4.69) is 92.1 Å². The van der Waals surface area contributed by atoms with E-state index in [0.717, 1.165) is 5.82 Å². The Morgan fingerprint density at radius 2 is 1.71 bits per heavy atom. The summed E-state index contributed by atoms with van der Waals surface area (Å²) in [6, 6.07) is 24.4. The standard InChI is InChI=1S/C29H28N2/c1-28(2,3)22-13-12-20-17-24(29(14-8-15-29)23(20)19-22)26-18-21-9-4-5-10-25(21)31(26)27-11-6-7-16-30-27/h4-7,9-13,16-19H,8,14-15H2,1-3H3. The molecule has 2 aromatic heterocycles. The third-order valence-electron chi connectivity index (χ3n) is 7.32. The Morgan fingerprint density at radius 3 is 2.42 bits per heavy atom. The summed E-state index contributed by atoms with van der Waals surface area (Å²) >= 11 is 0. The summed E-state index contributed by atoms with van der Waals surface area (Å²) in [5.41, 5.74) is 8.60. The van der Waals surface area contributed by atoms with Gasteiger partial charge in [-0.05, 0) is 70.9 Å². The van der Waals surface area contributed by atoms with Gasteiger partial charge >= 0.3 is 0 Å². The molecule has 2 nitrogen and oxygen atoms in total. The van der Waals surface area contributed by atoms with Crippen molar-refractivity contribution in [2.24, 2.45) is 0 Å². The van der Waals surface area contributed by atoms with Gasteiger partial charge in [-0.1, -0.05) is 69.7 Å². The van der Waals surface area contributed by atoms with E-state index in [1.807, 2.05) is 12.3 Å². The molecule has 154 valence electrons. The molecule has 0 amide bonds. The zero-order valence-electron chi connectivity index (χ0n) is 18.5. The van der Waals surface area contributed by atoms with E-state index < -0.39 is 0 Å². The van der Waals surface area contributed by atoms with E-state index in [0.29, 0.717) is 0 Å². The Labute approximate surface area is 184 Å². The molecule has 6 rings (SSSR count). The third kappa shape index (κ3) is 2.67. The van der Waals surface area contributed by atoms with Crippen molar-refractivity contribution in [2.75, 3.05) is 0 Å². The summed E-state index contributed by atoms with van der Waals surface area (Å²) < 4.78 is 2.36. The van der Waals surface area contributed by atoms with Crippen LogP contribution in [0.5, 0.6) is 0 Å². The maximum absolute atomic E-state index is 4.73. The molecule has 1 fully saturated rings. The lowest BCUT2D eigenvalue weighted by atomic mass is 9.61. The van der Waals surface area contributed by atoms with Gasteiger partial charge in [0.15, 0.2) is 0 Å². The molecule has 0 atom stereocenters. The van der Waals surface area contributed by atoms with Gasteiger partial charge in [0.05, 0.1) is 11.2 Å². The number of para-hydroxylation sites is 1. The summed E-state index contributed by atoms with van der Waals surface area (Å²) in [4.78, 5) is 4.73. The largest absolute Gasteiger partial charge is 0.294 e. The van der Waals surface area contributed by atoms with Crippen molar-refractivity contribution < 1.29 is 0 Å². The van der Waals surface area contributed by atoms with Crippen molar-refractivity contribution in [1.29, 1.82) is 0 Å². The van der Waals surface area contributed by atoms with E-state index in [4.69, 9.17) is 4.98 Å². The lowest BCUT2D eigenvalue weighted by molar-refractivity contribution is 0.330. The molecule has 0 N–H and O–H groups in total. The van der Waals surface area contributed by atoms with Crippen LogP contribution in [-0.2, 0) is 10.8 Å². The number of pyridine rings is 1. The number of aromatic nitrogens is 2. The summed E-state index contributed by atoms with van der Waals surface area (Å²) in [5, 5.41) is 1.27. The van der Waals surface area contributed by atoms with Crippen LogP contribution in [0.15, 0.2) is 72.9 Å². The van der Waals surface area contributed by atoms with Gasteiger partial charge in [0.25, 0.3) is 0 Å². The van der Waals surface area contributed by atoms with Gasteiger partial charge < -0.3 is 0 Å². The summed E-state index contributed by atoms with van der Waals surface area (Å²) in [7, 11) is 0. The van der Waals surface area contributed by atoms with Crippen molar-refractivity contribution in [3.63, 3.8) is 0 Å². The van der Waals surface area contributed by atoms with Gasteiger partial charge in [0.1, 0.15) is 5.82 Å². The topological polar surface area (TPSA) is 17.8 Å². The summed E-state index contributed by atoms with van der Waals surface area (Å²) in [5.74, 6) is 0.986.